The molecule has 0 saturated heterocycles. The third kappa shape index (κ3) is 45.9. The van der Waals surface area contributed by atoms with E-state index < -0.39 is 89.3 Å². The Morgan fingerprint density at radius 3 is 1.08 bits per heavy atom. The van der Waals surface area contributed by atoms with Gasteiger partial charge in [0, 0.05) is 19.3 Å². The number of benzene rings is 7. The second-order valence-electron chi connectivity index (χ2n) is 21.7. The molecule has 0 amide bonds. The van der Waals surface area contributed by atoms with E-state index in [4.69, 9.17) is 49.5 Å². The Bertz CT molecular complexity index is 3710. The van der Waals surface area contributed by atoms with E-state index in [0.29, 0.717) is 13.0 Å². The molecule has 30 heteroatoms. The summed E-state index contributed by atoms with van der Waals surface area (Å²) in [6.07, 6.45) is -3.21. The molecule has 5 atom stereocenters. The average molecular weight is 1480 g/mol. The van der Waals surface area contributed by atoms with Crippen molar-refractivity contribution in [2.45, 2.75) is 143 Å². The van der Waals surface area contributed by atoms with Gasteiger partial charge >= 0.3 is 53.7 Å². The topological polar surface area (TPSA) is 469 Å². The lowest BCUT2D eigenvalue weighted by atomic mass is 10.1. The maximum absolute atomic E-state index is 12.8. The predicted octanol–water partition coefficient (Wildman–Crippen LogP) is 6.02. The van der Waals surface area contributed by atoms with E-state index in [1.54, 1.807) is 12.1 Å². The van der Waals surface area contributed by atoms with E-state index in [-0.39, 0.29) is 117 Å². The predicted molar refractivity (Wildman–Crippen MR) is 385 cm³/mol. The van der Waals surface area contributed by atoms with E-state index in [2.05, 4.69) is 27.0 Å². The van der Waals surface area contributed by atoms with Crippen LogP contribution in [-0.2, 0) is 121 Å². The molecule has 0 aliphatic carbocycles. The van der Waals surface area contributed by atoms with Crippen molar-refractivity contribution in [2.24, 2.45) is 5.73 Å². The fraction of sp³-hybridized carbons (Fsp3) is 0.320. The van der Waals surface area contributed by atoms with Crippen LogP contribution in [0.4, 0.5) is 0 Å². The van der Waals surface area contributed by atoms with Crippen LogP contribution in [0.3, 0.4) is 0 Å². The van der Waals surface area contributed by atoms with Crippen LogP contribution in [0.25, 0.3) is 0 Å². The highest BCUT2D eigenvalue weighted by atomic mass is 32.2. The van der Waals surface area contributed by atoms with Crippen molar-refractivity contribution in [1.82, 2.24) is 21.3 Å². The molecule has 0 aromatic heterocycles. The molecule has 0 heterocycles. The van der Waals surface area contributed by atoms with Crippen LogP contribution in [0, 0.1) is 6.92 Å². The number of carboxylic acids is 3. The molecule has 0 bridgehead atoms. The first-order valence-corrected chi connectivity index (χ1v) is 33.0. The SMILES string of the molecule is C.C.C.Cc1ccc(S(=O)(=O)[O-])cc1.NCC(=O)OCc1ccccc1.O=C(CC[C@H](N[C@@H](O)NCC(=O)OCc1ccccc1)C(=O)OCc1ccccc1)OCc1ccccc1.O=C(O)CC[C@H](N[C@@H](O)NCC(=O)O)C(=O)O.[NH3+][C@@H](CCC(=O)OCc1ccccc1)C(=O)OCc1ccccc1. The van der Waals surface area contributed by atoms with E-state index in [9.17, 15) is 66.3 Å². The Hall–Kier alpha value is -10.6. The molecular formula is C75H98N6O23S. The molecule has 0 saturated carbocycles. The zero-order valence-electron chi connectivity index (χ0n) is 55.9. The second kappa shape index (κ2) is 55.0. The number of aliphatic hydroxyl groups is 2. The molecule has 572 valence electrons. The molecule has 0 unspecified atom stereocenters. The quantitative estimate of drug-likeness (QED) is 0.00924. The Morgan fingerprint density at radius 1 is 0.419 bits per heavy atom. The number of aliphatic carboxylic acids is 3. The van der Waals surface area contributed by atoms with Gasteiger partial charge in [0.15, 0.2) is 18.7 Å². The fourth-order valence-electron chi connectivity index (χ4n) is 7.94. The molecule has 0 radical (unpaired) electrons. The normalized spacial score (nSPS) is 11.6. The number of hydrogen-bond donors (Lipinski definition) is 11. The van der Waals surface area contributed by atoms with Gasteiger partial charge in [0.1, 0.15) is 61.8 Å². The first-order chi connectivity index (χ1) is 48.8. The van der Waals surface area contributed by atoms with E-state index >= 15 is 0 Å². The van der Waals surface area contributed by atoms with Gasteiger partial charge in [-0.15, -0.1) is 0 Å². The third-order valence-electron chi connectivity index (χ3n) is 13.4. The highest BCUT2D eigenvalue weighted by Crippen LogP contribution is 2.12. The fourth-order valence-corrected chi connectivity index (χ4v) is 8.41. The first-order valence-electron chi connectivity index (χ1n) is 31.6. The van der Waals surface area contributed by atoms with Crippen LogP contribution in [0.1, 0.15) is 99.7 Å². The van der Waals surface area contributed by atoms with Gasteiger partial charge in [0.25, 0.3) is 0 Å². The van der Waals surface area contributed by atoms with Crippen molar-refractivity contribution in [1.29, 1.82) is 0 Å². The van der Waals surface area contributed by atoms with E-state index in [0.717, 1.165) is 38.9 Å². The summed E-state index contributed by atoms with van der Waals surface area (Å²) in [5, 5.41) is 54.4. The van der Waals surface area contributed by atoms with Crippen molar-refractivity contribution >= 4 is 63.8 Å². The molecule has 0 aliphatic heterocycles. The number of rotatable bonds is 36. The molecule has 14 N–H and O–H groups in total. The summed E-state index contributed by atoms with van der Waals surface area (Å²) in [7, 11) is -4.27. The van der Waals surface area contributed by atoms with E-state index in [1.165, 1.54) is 12.1 Å². The van der Waals surface area contributed by atoms with Gasteiger partial charge in [-0.25, -0.2) is 13.2 Å². The summed E-state index contributed by atoms with van der Waals surface area (Å²) in [5.74, 6) is -6.57. The first kappa shape index (κ1) is 94.4. The van der Waals surface area contributed by atoms with Gasteiger partial charge in [-0.3, -0.25) is 59.6 Å². The summed E-state index contributed by atoms with van der Waals surface area (Å²) in [5.41, 5.74) is 15.0. The number of ether oxygens (including phenoxy) is 6. The third-order valence-corrected chi connectivity index (χ3v) is 14.2. The number of quaternary nitrogens is 1. The van der Waals surface area contributed by atoms with Crippen LogP contribution in [0.5, 0.6) is 0 Å². The van der Waals surface area contributed by atoms with Crippen LogP contribution in [0.2, 0.25) is 0 Å². The Morgan fingerprint density at radius 2 is 0.733 bits per heavy atom. The van der Waals surface area contributed by atoms with Crippen molar-refractivity contribution in [2.75, 3.05) is 19.6 Å². The molecule has 0 spiro atoms. The van der Waals surface area contributed by atoms with Gasteiger partial charge in [-0.05, 0) is 65.3 Å². The van der Waals surface area contributed by atoms with Gasteiger partial charge in [0.2, 0.25) is 0 Å². The Balaban J connectivity index is 0.00000139. The van der Waals surface area contributed by atoms with Crippen LogP contribution < -0.4 is 32.7 Å². The average Bonchev–Trinajstić information content (AvgIpc) is 0.870. The monoisotopic (exact) mass is 1480 g/mol. The highest BCUT2D eigenvalue weighted by molar-refractivity contribution is 7.85. The number of carbonyl (C=O) groups excluding carboxylic acids is 6. The molecule has 7 aromatic rings. The minimum Gasteiger partial charge on any atom is -0.744 e. The zero-order chi connectivity index (χ0) is 74.9. The van der Waals surface area contributed by atoms with Gasteiger partial charge in [-0.2, -0.15) is 0 Å². The summed E-state index contributed by atoms with van der Waals surface area (Å²) in [6, 6.07) is 58.8. The number of carbonyl (C=O) groups is 9. The second-order valence-corrected chi connectivity index (χ2v) is 23.1. The minimum atomic E-state index is -4.27. The van der Waals surface area contributed by atoms with Gasteiger partial charge in [-0.1, -0.05) is 222 Å². The largest absolute Gasteiger partial charge is 0.744 e. The maximum atomic E-state index is 12.8. The number of hydrogen-bond acceptors (Lipinski definition) is 25. The molecule has 7 aromatic carbocycles. The number of carboxylic acid groups (broad SMARTS) is 3. The number of aryl methyl sites for hydroxylation is 1. The molecular weight excluding hydrogens is 1380 g/mol. The van der Waals surface area contributed by atoms with Crippen molar-refractivity contribution in [3.05, 3.63) is 245 Å². The number of esters is 6. The molecule has 29 nitrogen and oxygen atoms in total. The molecule has 0 fully saturated rings. The van der Waals surface area contributed by atoms with Crippen LogP contribution in [-0.4, -0.2) is 143 Å². The highest BCUT2D eigenvalue weighted by Gasteiger charge is 2.26. The molecule has 7 rings (SSSR count). The lowest BCUT2D eigenvalue weighted by Gasteiger charge is -2.22. The molecule has 0 aliphatic rings. The lowest BCUT2D eigenvalue weighted by Crippen LogP contribution is -2.65. The van der Waals surface area contributed by atoms with E-state index in [1.807, 2.05) is 189 Å². The van der Waals surface area contributed by atoms with Crippen molar-refractivity contribution in [3.8, 4) is 0 Å². The Labute approximate surface area is 611 Å². The number of nitrogens with one attached hydrogen (secondary N) is 4. The van der Waals surface area contributed by atoms with Crippen molar-refractivity contribution in [3.63, 3.8) is 0 Å². The number of aliphatic hydroxyl groups excluding tert-OH is 2. The van der Waals surface area contributed by atoms with Crippen LogP contribution in [0.15, 0.2) is 211 Å². The Kier molecular flexibility index (Phi) is 49.4. The maximum Gasteiger partial charge on any atom is 0.365 e. The summed E-state index contributed by atoms with van der Waals surface area (Å²) in [6.45, 7) is 1.90. The van der Waals surface area contributed by atoms with Crippen LogP contribution >= 0.6 is 0 Å². The summed E-state index contributed by atoms with van der Waals surface area (Å²) in [4.78, 5) is 102. The lowest BCUT2D eigenvalue weighted by molar-refractivity contribution is -0.409. The molecule has 105 heavy (non-hydrogen) atoms. The van der Waals surface area contributed by atoms with Gasteiger partial charge in [0.05, 0.1) is 31.0 Å². The summed E-state index contributed by atoms with van der Waals surface area (Å²) < 4.78 is 62.2. The zero-order valence-corrected chi connectivity index (χ0v) is 56.7. The minimum absolute atomic E-state index is 0. The number of nitrogens with two attached hydrogens (primary N) is 1. The standard InChI is InChI=1S/C29H32N2O7.C19H21NO4.C9H11NO2.C8H14N2O7.C7H8O3S.3CH4/c32-26(36-19-22-10-4-1-5-11-22)17-16-25(28(34)38-21-24-14-8-3-9-15-24)31-29(35)30-18-27(33)37-20-23-12-6-2-7-13-23;20-17(19(22)24-14-16-9-5-2-6-10-16)11-12-18(21)23-13-15-7-3-1-4-8-15;10-6-9(11)12-7-8-4-2-1-3-5-8;11-5(12)2-1-4(7(15)16)10-8(17)9-3-6(13)14;1-6-2-4-7(5-3-6)11(8,9)10;;;/h1-15,25,29-31,35H,16-21H2;1-10,17H,11-14,20H2;1-5H,6-7,10H2;4,8-10,17H,1-3H2,(H,11,12)(H,13,14)(H,15,16);2-5H,1H3,(H,8,9,10);3*1H4/t25-,29-;17-;;4-,8-;;;;/m00.0..../s1. The smallest absolute Gasteiger partial charge is 0.365 e. The van der Waals surface area contributed by atoms with Crippen molar-refractivity contribution < 1.29 is 116 Å². The van der Waals surface area contributed by atoms with Gasteiger partial charge < -0.3 is 70.0 Å². The summed E-state index contributed by atoms with van der Waals surface area (Å²) >= 11 is 0.